The molecule has 1 heterocycles. The second kappa shape index (κ2) is 4.78. The lowest BCUT2D eigenvalue weighted by atomic mass is 10.1. The average molecular weight is 248 g/mol. The fourth-order valence-corrected chi connectivity index (χ4v) is 1.57. The van der Waals surface area contributed by atoms with Gasteiger partial charge in [0.1, 0.15) is 0 Å². The number of aryl methyl sites for hydroxylation is 1. The summed E-state index contributed by atoms with van der Waals surface area (Å²) in [4.78, 5) is 10.2. The van der Waals surface area contributed by atoms with Crippen molar-refractivity contribution in [2.45, 2.75) is 19.9 Å². The van der Waals surface area contributed by atoms with E-state index in [9.17, 15) is 10.1 Å². The molecule has 0 aliphatic heterocycles. The highest BCUT2D eigenvalue weighted by atomic mass is 16.6. The number of nitrogens with zero attached hydrogens (tertiary/aromatic N) is 4. The molecule has 2 aromatic rings. The van der Waals surface area contributed by atoms with Gasteiger partial charge >= 0.3 is 0 Å². The van der Waals surface area contributed by atoms with Crippen LogP contribution in [0.1, 0.15) is 24.4 Å². The van der Waals surface area contributed by atoms with Crippen LogP contribution in [0.25, 0.3) is 0 Å². The van der Waals surface area contributed by atoms with Gasteiger partial charge in [0.25, 0.3) is 5.69 Å². The number of nitro groups is 1. The molecule has 0 aliphatic carbocycles. The van der Waals surface area contributed by atoms with Crippen LogP contribution in [0.4, 0.5) is 11.4 Å². The Labute approximate surface area is 103 Å². The molecule has 8 heteroatoms. The zero-order valence-corrected chi connectivity index (χ0v) is 9.91. The zero-order chi connectivity index (χ0) is 13.1. The van der Waals surface area contributed by atoms with Crippen LogP contribution in [-0.4, -0.2) is 25.5 Å². The standard InChI is InChI=1S/C10H12N6O2/c1-6-5-8(16(17)18)3-4-9(6)11-7(2)10-12-14-15-13-10/h3-5,7,11H,1-2H3,(H,12,13,14,15). The molecule has 1 atom stereocenters. The van der Waals surface area contributed by atoms with Crippen molar-refractivity contribution in [3.8, 4) is 0 Å². The monoisotopic (exact) mass is 248 g/mol. The van der Waals surface area contributed by atoms with E-state index in [1.54, 1.807) is 13.0 Å². The summed E-state index contributed by atoms with van der Waals surface area (Å²) in [5.41, 5.74) is 1.67. The lowest BCUT2D eigenvalue weighted by Crippen LogP contribution is -2.09. The minimum absolute atomic E-state index is 0.0743. The van der Waals surface area contributed by atoms with Crippen LogP contribution < -0.4 is 5.32 Å². The first-order valence-electron chi connectivity index (χ1n) is 5.33. The molecular weight excluding hydrogens is 236 g/mol. The number of aromatic nitrogens is 4. The molecule has 0 radical (unpaired) electrons. The Hall–Kier alpha value is -2.51. The summed E-state index contributed by atoms with van der Waals surface area (Å²) in [5, 5.41) is 27.4. The largest absolute Gasteiger partial charge is 0.375 e. The highest BCUT2D eigenvalue weighted by molar-refractivity contribution is 5.56. The predicted octanol–water partition coefficient (Wildman–Crippen LogP) is 1.59. The summed E-state index contributed by atoms with van der Waals surface area (Å²) in [5.74, 6) is 0.535. The first-order valence-corrected chi connectivity index (χ1v) is 5.33. The fraction of sp³-hybridized carbons (Fsp3) is 0.300. The number of nitro benzene ring substituents is 1. The van der Waals surface area contributed by atoms with Crippen molar-refractivity contribution in [2.75, 3.05) is 5.32 Å². The van der Waals surface area contributed by atoms with Crippen LogP contribution in [0.15, 0.2) is 18.2 Å². The first kappa shape index (κ1) is 12.0. The Morgan fingerprint density at radius 2 is 2.28 bits per heavy atom. The summed E-state index contributed by atoms with van der Waals surface area (Å²) in [6.45, 7) is 3.68. The third-order valence-corrected chi connectivity index (χ3v) is 2.54. The summed E-state index contributed by atoms with van der Waals surface area (Å²) >= 11 is 0. The number of tetrazole rings is 1. The third kappa shape index (κ3) is 2.42. The number of hydrogen-bond acceptors (Lipinski definition) is 6. The molecule has 2 rings (SSSR count). The van der Waals surface area contributed by atoms with Gasteiger partial charge in [0.15, 0.2) is 5.82 Å². The Bertz CT molecular complexity index is 554. The Morgan fingerprint density at radius 3 is 2.83 bits per heavy atom. The summed E-state index contributed by atoms with van der Waals surface area (Å²) in [7, 11) is 0. The zero-order valence-electron chi connectivity index (χ0n) is 9.91. The van der Waals surface area contributed by atoms with E-state index in [0.717, 1.165) is 11.3 Å². The number of rotatable bonds is 4. The Morgan fingerprint density at radius 1 is 1.50 bits per heavy atom. The van der Waals surface area contributed by atoms with Gasteiger partial charge in [-0.15, -0.1) is 10.2 Å². The molecule has 0 aliphatic rings. The first-order chi connectivity index (χ1) is 8.58. The Kier molecular flexibility index (Phi) is 3.18. The van der Waals surface area contributed by atoms with Crippen molar-refractivity contribution in [3.63, 3.8) is 0 Å². The number of benzene rings is 1. The number of aromatic amines is 1. The van der Waals surface area contributed by atoms with Gasteiger partial charge in [-0.05, 0) is 25.5 Å². The van der Waals surface area contributed by atoms with Crippen LogP contribution in [-0.2, 0) is 0 Å². The minimum Gasteiger partial charge on any atom is -0.375 e. The molecule has 0 saturated heterocycles. The number of H-pyrrole nitrogens is 1. The SMILES string of the molecule is Cc1cc([N+](=O)[O-])ccc1NC(C)c1nn[nH]n1. The number of non-ortho nitro benzene ring substituents is 1. The summed E-state index contributed by atoms with van der Waals surface area (Å²) in [6, 6.07) is 4.51. The molecule has 8 nitrogen and oxygen atoms in total. The molecule has 18 heavy (non-hydrogen) atoms. The smallest absolute Gasteiger partial charge is 0.269 e. The van der Waals surface area contributed by atoms with Crippen LogP contribution in [0.5, 0.6) is 0 Å². The highest BCUT2D eigenvalue weighted by Crippen LogP contribution is 2.24. The number of hydrogen-bond donors (Lipinski definition) is 2. The lowest BCUT2D eigenvalue weighted by Gasteiger charge is -2.13. The van der Waals surface area contributed by atoms with Gasteiger partial charge in [-0.2, -0.15) is 5.21 Å². The molecule has 1 aromatic carbocycles. The van der Waals surface area contributed by atoms with Crippen molar-refractivity contribution in [3.05, 3.63) is 39.7 Å². The highest BCUT2D eigenvalue weighted by Gasteiger charge is 2.13. The number of nitrogens with one attached hydrogen (secondary N) is 2. The molecule has 0 saturated carbocycles. The van der Waals surface area contributed by atoms with Crippen LogP contribution >= 0.6 is 0 Å². The van der Waals surface area contributed by atoms with Gasteiger partial charge in [-0.3, -0.25) is 10.1 Å². The van der Waals surface area contributed by atoms with E-state index in [4.69, 9.17) is 0 Å². The van der Waals surface area contributed by atoms with Gasteiger partial charge in [0.05, 0.1) is 11.0 Å². The van der Waals surface area contributed by atoms with E-state index in [-0.39, 0.29) is 11.7 Å². The molecule has 0 amide bonds. The molecule has 0 fully saturated rings. The van der Waals surface area contributed by atoms with E-state index >= 15 is 0 Å². The maximum Gasteiger partial charge on any atom is 0.269 e. The quantitative estimate of drug-likeness (QED) is 0.628. The Balaban J connectivity index is 2.17. The second-order valence-corrected chi connectivity index (χ2v) is 3.89. The molecule has 0 bridgehead atoms. The molecular formula is C10H12N6O2. The maximum absolute atomic E-state index is 10.6. The minimum atomic E-state index is -0.417. The van der Waals surface area contributed by atoms with E-state index < -0.39 is 4.92 Å². The van der Waals surface area contributed by atoms with Crippen molar-refractivity contribution >= 4 is 11.4 Å². The molecule has 1 aromatic heterocycles. The van der Waals surface area contributed by atoms with E-state index in [1.165, 1.54) is 12.1 Å². The van der Waals surface area contributed by atoms with Crippen molar-refractivity contribution in [1.29, 1.82) is 0 Å². The normalized spacial score (nSPS) is 12.1. The lowest BCUT2D eigenvalue weighted by molar-refractivity contribution is -0.384. The number of anilines is 1. The fourth-order valence-electron chi connectivity index (χ4n) is 1.57. The summed E-state index contributed by atoms with van der Waals surface area (Å²) in [6.07, 6.45) is 0. The van der Waals surface area contributed by atoms with E-state index in [0.29, 0.717) is 5.82 Å². The van der Waals surface area contributed by atoms with Gasteiger partial charge in [0.2, 0.25) is 0 Å². The molecule has 1 unspecified atom stereocenters. The average Bonchev–Trinajstić information content (AvgIpc) is 2.85. The molecule has 2 N–H and O–H groups in total. The van der Waals surface area contributed by atoms with Crippen molar-refractivity contribution in [1.82, 2.24) is 20.6 Å². The van der Waals surface area contributed by atoms with Crippen LogP contribution in [0.3, 0.4) is 0 Å². The van der Waals surface area contributed by atoms with E-state index in [1.807, 2.05) is 6.92 Å². The van der Waals surface area contributed by atoms with Crippen LogP contribution in [0.2, 0.25) is 0 Å². The van der Waals surface area contributed by atoms with Gasteiger partial charge < -0.3 is 5.32 Å². The van der Waals surface area contributed by atoms with Gasteiger partial charge in [0, 0.05) is 17.8 Å². The van der Waals surface area contributed by atoms with Gasteiger partial charge in [-0.25, -0.2) is 0 Å². The summed E-state index contributed by atoms with van der Waals surface area (Å²) < 4.78 is 0. The van der Waals surface area contributed by atoms with Gasteiger partial charge in [-0.1, -0.05) is 5.21 Å². The second-order valence-electron chi connectivity index (χ2n) is 3.89. The molecule has 94 valence electrons. The predicted molar refractivity (Wildman–Crippen MR) is 64.0 cm³/mol. The van der Waals surface area contributed by atoms with Crippen molar-refractivity contribution in [2.24, 2.45) is 0 Å². The maximum atomic E-state index is 10.6. The van der Waals surface area contributed by atoms with Crippen molar-refractivity contribution < 1.29 is 4.92 Å². The topological polar surface area (TPSA) is 110 Å². The van der Waals surface area contributed by atoms with Crippen LogP contribution in [0, 0.1) is 17.0 Å². The van der Waals surface area contributed by atoms with E-state index in [2.05, 4.69) is 25.9 Å². The molecule has 0 spiro atoms. The third-order valence-electron chi connectivity index (χ3n) is 2.54.